The highest BCUT2D eigenvalue weighted by atomic mass is 32.1. The molecule has 2 rings (SSSR count). The Labute approximate surface area is 106 Å². The molecule has 2 N–H and O–H groups in total. The van der Waals surface area contributed by atoms with E-state index in [1.807, 2.05) is 6.07 Å². The lowest BCUT2D eigenvalue weighted by atomic mass is 10.3. The summed E-state index contributed by atoms with van der Waals surface area (Å²) in [6, 6.07) is 7.78. The minimum absolute atomic E-state index is 0.0245. The molecule has 0 amide bonds. The van der Waals surface area contributed by atoms with Gasteiger partial charge in [-0.05, 0) is 12.1 Å². The van der Waals surface area contributed by atoms with Crippen LogP contribution in [0.3, 0.4) is 0 Å². The first-order valence-electron chi connectivity index (χ1n) is 4.84. The monoisotopic (exact) mass is 262 g/mol. The number of anilines is 1. The van der Waals surface area contributed by atoms with Gasteiger partial charge in [0.2, 0.25) is 5.88 Å². The quantitative estimate of drug-likeness (QED) is 0.657. The second kappa shape index (κ2) is 5.25. The molecule has 0 aliphatic heterocycles. The van der Waals surface area contributed by atoms with Crippen molar-refractivity contribution in [1.82, 2.24) is 4.98 Å². The number of nitriles is 1. The van der Waals surface area contributed by atoms with Gasteiger partial charge < -0.3 is 5.11 Å². The van der Waals surface area contributed by atoms with Crippen molar-refractivity contribution in [2.45, 2.75) is 0 Å². The summed E-state index contributed by atoms with van der Waals surface area (Å²) in [6.07, 6.45) is 0. The first kappa shape index (κ1) is 12.0. The van der Waals surface area contributed by atoms with Crippen molar-refractivity contribution < 1.29 is 9.50 Å². The molecule has 0 saturated carbocycles. The Bertz CT molecular complexity index is 632. The van der Waals surface area contributed by atoms with Crippen molar-refractivity contribution in [3.63, 3.8) is 0 Å². The zero-order chi connectivity index (χ0) is 13.0. The molecule has 0 bridgehead atoms. The number of aromatic hydroxyl groups is 1. The average molecular weight is 262 g/mol. The van der Waals surface area contributed by atoms with E-state index in [1.54, 1.807) is 12.1 Å². The van der Waals surface area contributed by atoms with Gasteiger partial charge in [-0.25, -0.2) is 4.39 Å². The molecule has 0 aliphatic rings. The molecule has 18 heavy (non-hydrogen) atoms. The van der Waals surface area contributed by atoms with E-state index in [2.05, 4.69) is 15.5 Å². The fourth-order valence-electron chi connectivity index (χ4n) is 1.16. The third-order valence-corrected chi connectivity index (χ3v) is 2.80. The van der Waals surface area contributed by atoms with Gasteiger partial charge in [0.1, 0.15) is 11.9 Å². The van der Waals surface area contributed by atoms with Crippen molar-refractivity contribution in [3.8, 4) is 11.9 Å². The highest BCUT2D eigenvalue weighted by Gasteiger charge is 2.08. The highest BCUT2D eigenvalue weighted by Crippen LogP contribution is 2.16. The summed E-state index contributed by atoms with van der Waals surface area (Å²) >= 11 is 1.07. The number of nitrogens with zero attached hydrogens (tertiary/aromatic N) is 3. The van der Waals surface area contributed by atoms with Crippen molar-refractivity contribution >= 4 is 22.7 Å². The number of benzene rings is 1. The molecular weight excluding hydrogens is 255 g/mol. The Balaban J connectivity index is 2.22. The number of para-hydroxylation sites is 1. The fourth-order valence-corrected chi connectivity index (χ4v) is 1.78. The summed E-state index contributed by atoms with van der Waals surface area (Å²) in [7, 11) is 0. The molecule has 0 radical (unpaired) electrons. The van der Waals surface area contributed by atoms with Crippen LogP contribution in [-0.2, 0) is 0 Å². The Hall–Kier alpha value is -2.46. The summed E-state index contributed by atoms with van der Waals surface area (Å²) in [4.78, 5) is 3.70. The van der Waals surface area contributed by atoms with Gasteiger partial charge >= 0.3 is 0 Å². The molecule has 0 unspecified atom stereocenters. The SMILES string of the molecule is N#CC(=NNc1ccccc1F)c1nc(O)cs1. The summed E-state index contributed by atoms with van der Waals surface area (Å²) in [5, 5.41) is 23.4. The van der Waals surface area contributed by atoms with E-state index < -0.39 is 5.82 Å². The van der Waals surface area contributed by atoms with Crippen LogP contribution in [0.25, 0.3) is 0 Å². The van der Waals surface area contributed by atoms with E-state index in [9.17, 15) is 4.39 Å². The summed E-state index contributed by atoms with van der Waals surface area (Å²) < 4.78 is 13.3. The van der Waals surface area contributed by atoms with Gasteiger partial charge in [0, 0.05) is 0 Å². The molecule has 0 fully saturated rings. The molecule has 0 atom stereocenters. The van der Waals surface area contributed by atoms with Crippen LogP contribution in [0.4, 0.5) is 10.1 Å². The van der Waals surface area contributed by atoms with Crippen molar-refractivity contribution in [3.05, 3.63) is 40.5 Å². The van der Waals surface area contributed by atoms with Crippen LogP contribution in [-0.4, -0.2) is 15.8 Å². The maximum Gasteiger partial charge on any atom is 0.222 e. The molecule has 5 nitrogen and oxygen atoms in total. The zero-order valence-corrected chi connectivity index (χ0v) is 9.78. The minimum atomic E-state index is -0.472. The maximum absolute atomic E-state index is 13.3. The third-order valence-electron chi connectivity index (χ3n) is 1.96. The van der Waals surface area contributed by atoms with E-state index in [1.165, 1.54) is 17.5 Å². The predicted octanol–water partition coefficient (Wildman–Crippen LogP) is 2.33. The van der Waals surface area contributed by atoms with Crippen molar-refractivity contribution in [2.24, 2.45) is 5.10 Å². The van der Waals surface area contributed by atoms with Crippen LogP contribution >= 0.6 is 11.3 Å². The van der Waals surface area contributed by atoms with E-state index in [4.69, 9.17) is 10.4 Å². The molecular formula is C11H7FN4OS. The fraction of sp³-hybridized carbons (Fsp3) is 0. The predicted molar refractivity (Wildman–Crippen MR) is 66.0 cm³/mol. The Kier molecular flexibility index (Phi) is 3.50. The lowest BCUT2D eigenvalue weighted by Gasteiger charge is -2.01. The lowest BCUT2D eigenvalue weighted by Crippen LogP contribution is -2.02. The normalized spacial score (nSPS) is 11.0. The smallest absolute Gasteiger partial charge is 0.222 e. The first-order chi connectivity index (χ1) is 8.70. The summed E-state index contributed by atoms with van der Waals surface area (Å²) in [6.45, 7) is 0. The second-order valence-electron chi connectivity index (χ2n) is 3.17. The molecule has 7 heteroatoms. The van der Waals surface area contributed by atoms with Gasteiger partial charge in [-0.2, -0.15) is 15.3 Å². The summed E-state index contributed by atoms with van der Waals surface area (Å²) in [5.41, 5.74) is 2.58. The Morgan fingerprint density at radius 3 is 2.89 bits per heavy atom. The first-order valence-corrected chi connectivity index (χ1v) is 5.72. The van der Waals surface area contributed by atoms with Gasteiger partial charge in [0.25, 0.3) is 0 Å². The number of hydrogen-bond acceptors (Lipinski definition) is 6. The topological polar surface area (TPSA) is 81.3 Å². The van der Waals surface area contributed by atoms with E-state index >= 15 is 0 Å². The summed E-state index contributed by atoms with van der Waals surface area (Å²) in [5.74, 6) is -0.649. The number of thiazole rings is 1. The van der Waals surface area contributed by atoms with Gasteiger partial charge in [-0.1, -0.05) is 12.1 Å². The van der Waals surface area contributed by atoms with Crippen molar-refractivity contribution in [2.75, 3.05) is 5.43 Å². The van der Waals surface area contributed by atoms with E-state index in [0.717, 1.165) is 11.3 Å². The van der Waals surface area contributed by atoms with Crippen LogP contribution in [0.15, 0.2) is 34.7 Å². The van der Waals surface area contributed by atoms with Crippen LogP contribution in [0, 0.1) is 17.1 Å². The number of nitrogens with one attached hydrogen (secondary N) is 1. The molecule has 1 heterocycles. The number of hydrazone groups is 1. The van der Waals surface area contributed by atoms with E-state index in [0.29, 0.717) is 0 Å². The number of hydrogen-bond donors (Lipinski definition) is 2. The number of rotatable bonds is 3. The lowest BCUT2D eigenvalue weighted by molar-refractivity contribution is 0.457. The van der Waals surface area contributed by atoms with Gasteiger partial charge in [0.05, 0.1) is 11.1 Å². The van der Waals surface area contributed by atoms with Gasteiger partial charge in [-0.15, -0.1) is 11.3 Å². The average Bonchev–Trinajstić information content (AvgIpc) is 2.79. The highest BCUT2D eigenvalue weighted by molar-refractivity contribution is 7.12. The number of aromatic nitrogens is 1. The minimum Gasteiger partial charge on any atom is -0.493 e. The molecule has 0 saturated heterocycles. The van der Waals surface area contributed by atoms with Crippen LogP contribution in [0.5, 0.6) is 5.88 Å². The van der Waals surface area contributed by atoms with Crippen LogP contribution < -0.4 is 5.43 Å². The van der Waals surface area contributed by atoms with Crippen molar-refractivity contribution in [1.29, 1.82) is 5.26 Å². The molecule has 90 valence electrons. The maximum atomic E-state index is 13.3. The second-order valence-corrected chi connectivity index (χ2v) is 4.03. The third kappa shape index (κ3) is 2.61. The molecule has 0 aliphatic carbocycles. The van der Waals surface area contributed by atoms with E-state index in [-0.39, 0.29) is 22.3 Å². The van der Waals surface area contributed by atoms with Crippen LogP contribution in [0.1, 0.15) is 5.01 Å². The molecule has 1 aromatic carbocycles. The zero-order valence-electron chi connectivity index (χ0n) is 8.96. The Morgan fingerprint density at radius 1 is 1.50 bits per heavy atom. The number of halogens is 1. The Morgan fingerprint density at radius 2 is 2.28 bits per heavy atom. The standard InChI is InChI=1S/C11H7FN4OS/c12-7-3-1-2-4-8(7)15-16-9(5-13)11-14-10(17)6-18-11/h1-4,6,15,17H. The van der Waals surface area contributed by atoms with Crippen LogP contribution in [0.2, 0.25) is 0 Å². The molecule has 2 aromatic rings. The molecule has 0 spiro atoms. The van der Waals surface area contributed by atoms with Gasteiger partial charge in [0.15, 0.2) is 10.7 Å². The largest absolute Gasteiger partial charge is 0.493 e. The molecule has 1 aromatic heterocycles. The van der Waals surface area contributed by atoms with Gasteiger partial charge in [-0.3, -0.25) is 5.43 Å².